The molecule has 0 bridgehead atoms. The van der Waals surface area contributed by atoms with Gasteiger partial charge in [0, 0.05) is 54.8 Å². The summed E-state index contributed by atoms with van der Waals surface area (Å²) in [6, 6.07) is 63.7. The second-order valence-corrected chi connectivity index (χ2v) is 16.2. The zero-order valence-electron chi connectivity index (χ0n) is 31.3. The highest BCUT2D eigenvalue weighted by molar-refractivity contribution is 7.26. The Kier molecular flexibility index (Phi) is 7.31. The van der Waals surface area contributed by atoms with Gasteiger partial charge in [0.2, 0.25) is 0 Å². The first kappa shape index (κ1) is 32.9. The van der Waals surface area contributed by atoms with Crippen molar-refractivity contribution in [2.75, 3.05) is 0 Å². The summed E-state index contributed by atoms with van der Waals surface area (Å²) in [4.78, 5) is 15.0. The summed E-state index contributed by atoms with van der Waals surface area (Å²) in [6.45, 7) is 0. The number of pyridine rings is 1. The van der Waals surface area contributed by atoms with Crippen molar-refractivity contribution in [2.24, 2.45) is 0 Å². The van der Waals surface area contributed by atoms with E-state index in [0.717, 1.165) is 39.2 Å². The highest BCUT2D eigenvalue weighted by atomic mass is 32.1. The summed E-state index contributed by atoms with van der Waals surface area (Å²) in [5.74, 6) is 0.693. The average molecular weight is 756 g/mol. The van der Waals surface area contributed by atoms with Crippen molar-refractivity contribution in [1.29, 1.82) is 0 Å². The van der Waals surface area contributed by atoms with E-state index in [4.69, 9.17) is 9.97 Å². The Bertz CT molecular complexity index is 3270. The van der Waals surface area contributed by atoms with Gasteiger partial charge in [0.05, 0.1) is 16.8 Å². The van der Waals surface area contributed by atoms with Gasteiger partial charge >= 0.3 is 0 Å². The summed E-state index contributed by atoms with van der Waals surface area (Å²) >= 11 is 1.91. The topological polar surface area (TPSA) is 38.7 Å². The van der Waals surface area contributed by atoms with Crippen LogP contribution in [0.1, 0.15) is 33.4 Å². The van der Waals surface area contributed by atoms with Crippen LogP contribution in [0.25, 0.3) is 88.5 Å². The molecule has 0 aliphatic heterocycles. The molecule has 0 saturated heterocycles. The second-order valence-electron chi connectivity index (χ2n) is 15.1. The minimum absolute atomic E-state index is 0.580. The van der Waals surface area contributed by atoms with E-state index < -0.39 is 5.41 Å². The van der Waals surface area contributed by atoms with Crippen LogP contribution in [0.3, 0.4) is 0 Å². The molecule has 3 aromatic heterocycles. The number of rotatable bonds is 4. The molecule has 2 aliphatic rings. The Morgan fingerprint density at radius 1 is 0.431 bits per heavy atom. The Morgan fingerprint density at radius 2 is 1.10 bits per heavy atom. The van der Waals surface area contributed by atoms with E-state index in [0.29, 0.717) is 5.82 Å². The summed E-state index contributed by atoms with van der Waals surface area (Å²) in [5.41, 5.74) is 16.6. The number of aromatic nitrogens is 3. The van der Waals surface area contributed by atoms with Crippen molar-refractivity contribution in [3.63, 3.8) is 0 Å². The largest absolute Gasteiger partial charge is 0.264 e. The molecule has 0 fully saturated rings. The quantitative estimate of drug-likeness (QED) is 0.180. The smallest absolute Gasteiger partial charge is 0.160 e. The second kappa shape index (κ2) is 12.9. The van der Waals surface area contributed by atoms with Crippen LogP contribution in [0.4, 0.5) is 0 Å². The van der Waals surface area contributed by atoms with Gasteiger partial charge in [-0.2, -0.15) is 0 Å². The molecule has 0 saturated carbocycles. The van der Waals surface area contributed by atoms with E-state index in [-0.39, 0.29) is 0 Å². The Hall–Kier alpha value is -7.27. The Morgan fingerprint density at radius 3 is 1.93 bits per heavy atom. The molecule has 12 rings (SSSR count). The lowest BCUT2D eigenvalue weighted by atomic mass is 9.65. The van der Waals surface area contributed by atoms with E-state index in [1.165, 1.54) is 64.7 Å². The molecule has 270 valence electrons. The van der Waals surface area contributed by atoms with Gasteiger partial charge < -0.3 is 0 Å². The number of nitrogens with zero attached hydrogens (tertiary/aromatic N) is 3. The van der Waals surface area contributed by atoms with Crippen molar-refractivity contribution >= 4 is 43.7 Å². The first-order chi connectivity index (χ1) is 28.7. The number of hydrogen-bond acceptors (Lipinski definition) is 4. The first-order valence-corrected chi connectivity index (χ1v) is 20.5. The molecule has 3 heterocycles. The van der Waals surface area contributed by atoms with Crippen LogP contribution in [0, 0.1) is 0 Å². The Labute approximate surface area is 340 Å². The predicted octanol–water partition coefficient (Wildman–Crippen LogP) is 13.8. The minimum Gasteiger partial charge on any atom is -0.264 e. The van der Waals surface area contributed by atoms with Crippen molar-refractivity contribution in [3.05, 3.63) is 222 Å². The lowest BCUT2D eigenvalue weighted by Gasteiger charge is -2.35. The van der Waals surface area contributed by atoms with Gasteiger partial charge in [0.15, 0.2) is 5.82 Å². The van der Waals surface area contributed by atoms with E-state index in [1.807, 2.05) is 29.7 Å². The van der Waals surface area contributed by atoms with Crippen molar-refractivity contribution < 1.29 is 0 Å². The lowest BCUT2D eigenvalue weighted by Crippen LogP contribution is -2.30. The summed E-state index contributed by atoms with van der Waals surface area (Å²) in [6.07, 6.45) is 8.29. The van der Waals surface area contributed by atoms with Crippen molar-refractivity contribution in [3.8, 4) is 56.2 Å². The van der Waals surface area contributed by atoms with Crippen LogP contribution >= 0.6 is 11.3 Å². The molecule has 2 aliphatic carbocycles. The predicted molar refractivity (Wildman–Crippen MR) is 241 cm³/mol. The minimum atomic E-state index is -0.580. The molecule has 10 aromatic rings. The van der Waals surface area contributed by atoms with Crippen LogP contribution in [0.15, 0.2) is 188 Å². The molecule has 1 atom stereocenters. The maximum absolute atomic E-state index is 5.35. The molecule has 1 unspecified atom stereocenters. The van der Waals surface area contributed by atoms with E-state index in [1.54, 1.807) is 6.20 Å². The summed E-state index contributed by atoms with van der Waals surface area (Å²) in [5, 5.41) is 2.62. The summed E-state index contributed by atoms with van der Waals surface area (Å²) in [7, 11) is 0. The molecule has 1 spiro atoms. The molecule has 58 heavy (non-hydrogen) atoms. The van der Waals surface area contributed by atoms with E-state index in [9.17, 15) is 0 Å². The van der Waals surface area contributed by atoms with Crippen LogP contribution in [-0.4, -0.2) is 15.0 Å². The monoisotopic (exact) mass is 755 g/mol. The normalized spacial score (nSPS) is 14.9. The number of fused-ring (bicyclic) bond motifs is 13. The zero-order chi connectivity index (χ0) is 38.2. The van der Waals surface area contributed by atoms with Crippen LogP contribution < -0.4 is 0 Å². The fourth-order valence-corrected chi connectivity index (χ4v) is 10.7. The molecule has 0 amide bonds. The molecule has 7 aromatic carbocycles. The molecular weight excluding hydrogens is 723 g/mol. The van der Waals surface area contributed by atoms with Gasteiger partial charge in [-0.15, -0.1) is 11.3 Å². The van der Waals surface area contributed by atoms with Gasteiger partial charge in [-0.1, -0.05) is 164 Å². The fraction of sp³-hybridized carbons (Fsp3) is 0.0185. The molecule has 3 nitrogen and oxygen atoms in total. The highest BCUT2D eigenvalue weighted by Crippen LogP contribution is 2.61. The number of benzene rings is 7. The molecule has 0 radical (unpaired) electrons. The van der Waals surface area contributed by atoms with Crippen molar-refractivity contribution in [1.82, 2.24) is 15.0 Å². The Balaban J connectivity index is 1.11. The fourth-order valence-electron chi connectivity index (χ4n) is 9.44. The molecule has 4 heteroatoms. The SMILES string of the molecule is C1=Cc2ccc(-c3nc(-c4ccccc4)cc(-c4ccc(-c5cccnc5)cc4)n3)cc2C2(c3ccccc31)c1ccccc1-c1c2ccc2c1sc1ccccc12. The third-order valence-corrected chi connectivity index (χ3v) is 13.2. The highest BCUT2D eigenvalue weighted by Gasteiger charge is 2.49. The van der Waals surface area contributed by atoms with Crippen LogP contribution in [-0.2, 0) is 5.41 Å². The third kappa shape index (κ3) is 4.89. The molecular formula is C54H33N3S. The van der Waals surface area contributed by atoms with Gasteiger partial charge in [0.25, 0.3) is 0 Å². The number of hydrogen-bond donors (Lipinski definition) is 0. The summed E-state index contributed by atoms with van der Waals surface area (Å²) < 4.78 is 2.65. The first-order valence-electron chi connectivity index (χ1n) is 19.7. The lowest BCUT2D eigenvalue weighted by molar-refractivity contribution is 0.767. The number of thiophene rings is 1. The van der Waals surface area contributed by atoms with E-state index >= 15 is 0 Å². The van der Waals surface area contributed by atoms with Crippen LogP contribution in [0.5, 0.6) is 0 Å². The van der Waals surface area contributed by atoms with Gasteiger partial charge in [-0.3, -0.25) is 4.98 Å². The van der Waals surface area contributed by atoms with Gasteiger partial charge in [-0.05, 0) is 74.3 Å². The van der Waals surface area contributed by atoms with Crippen LogP contribution in [0.2, 0.25) is 0 Å². The van der Waals surface area contributed by atoms with Gasteiger partial charge in [-0.25, -0.2) is 9.97 Å². The average Bonchev–Trinajstić information content (AvgIpc) is 3.78. The molecule has 0 N–H and O–H groups in total. The van der Waals surface area contributed by atoms with E-state index in [2.05, 4.69) is 181 Å². The van der Waals surface area contributed by atoms with Crippen molar-refractivity contribution in [2.45, 2.75) is 5.41 Å². The maximum atomic E-state index is 5.35. The zero-order valence-corrected chi connectivity index (χ0v) is 32.1. The third-order valence-electron chi connectivity index (χ3n) is 12.0. The van der Waals surface area contributed by atoms with Gasteiger partial charge in [0.1, 0.15) is 0 Å². The maximum Gasteiger partial charge on any atom is 0.160 e. The standard InChI is InChI=1S/C54H33N3S/c1-2-12-37(13-3-1)48-32-49(38-25-20-34(21-26-38)40-14-10-30-55-33-40)57-53(56-48)39-27-24-36-23-22-35-11-4-7-17-44(35)54(47(36)31-39)45-18-8-5-16-43(45)51-46(54)29-28-42-41-15-6-9-19-50(41)58-52(42)51/h1-33H.